The lowest BCUT2D eigenvalue weighted by Gasteiger charge is -2.52. The van der Waals surface area contributed by atoms with Crippen LogP contribution in [0.15, 0.2) is 0 Å². The van der Waals surface area contributed by atoms with E-state index >= 15 is 0 Å². The van der Waals surface area contributed by atoms with E-state index in [4.69, 9.17) is 10.5 Å². The molecule has 3 aliphatic rings. The Morgan fingerprint density at radius 2 is 2.05 bits per heavy atom. The highest BCUT2D eigenvalue weighted by molar-refractivity contribution is 5.05. The number of fused-ring (bicyclic) bond motifs is 1. The van der Waals surface area contributed by atoms with Gasteiger partial charge in [0.25, 0.3) is 0 Å². The molecule has 3 fully saturated rings. The third-order valence-corrected chi connectivity index (χ3v) is 5.81. The summed E-state index contributed by atoms with van der Waals surface area (Å²) in [6, 6.07) is 1.25. The van der Waals surface area contributed by atoms with Crippen molar-refractivity contribution < 1.29 is 4.74 Å². The summed E-state index contributed by atoms with van der Waals surface area (Å²) in [5.74, 6) is 0. The first-order chi connectivity index (χ1) is 9.66. The fraction of sp³-hybridized carbons (Fsp3) is 1.00. The summed E-state index contributed by atoms with van der Waals surface area (Å²) in [5.41, 5.74) is 6.48. The topological polar surface area (TPSA) is 41.7 Å². The van der Waals surface area contributed by atoms with E-state index in [-0.39, 0.29) is 5.54 Å². The lowest BCUT2D eigenvalue weighted by molar-refractivity contribution is -0.123. The third kappa shape index (κ3) is 2.52. The Hall–Kier alpha value is -0.160. The molecular formula is C16H31N3O. The first-order valence-electron chi connectivity index (χ1n) is 8.49. The Morgan fingerprint density at radius 1 is 1.25 bits per heavy atom. The minimum atomic E-state index is 0.203. The molecular weight excluding hydrogens is 250 g/mol. The molecule has 2 aliphatic heterocycles. The predicted molar refractivity (Wildman–Crippen MR) is 81.8 cm³/mol. The Balaban J connectivity index is 1.78. The van der Waals surface area contributed by atoms with Crippen molar-refractivity contribution in [3.63, 3.8) is 0 Å². The van der Waals surface area contributed by atoms with Crippen LogP contribution in [0.2, 0.25) is 0 Å². The van der Waals surface area contributed by atoms with Crippen molar-refractivity contribution in [2.75, 3.05) is 32.8 Å². The van der Waals surface area contributed by atoms with Gasteiger partial charge >= 0.3 is 0 Å². The Labute approximate surface area is 123 Å². The number of morpholine rings is 1. The van der Waals surface area contributed by atoms with Crippen LogP contribution in [0.1, 0.15) is 46.0 Å². The molecule has 20 heavy (non-hydrogen) atoms. The molecule has 3 atom stereocenters. The average molecular weight is 281 g/mol. The first-order valence-corrected chi connectivity index (χ1v) is 8.49. The highest BCUT2D eigenvalue weighted by atomic mass is 16.5. The second-order valence-electron chi connectivity index (χ2n) is 7.20. The Kier molecular flexibility index (Phi) is 4.37. The quantitative estimate of drug-likeness (QED) is 0.850. The number of hydrogen-bond acceptors (Lipinski definition) is 4. The van der Waals surface area contributed by atoms with Crippen molar-refractivity contribution in [2.45, 2.75) is 69.7 Å². The number of ether oxygens (including phenoxy) is 1. The molecule has 116 valence electrons. The van der Waals surface area contributed by atoms with Gasteiger partial charge in [0.1, 0.15) is 0 Å². The third-order valence-electron chi connectivity index (χ3n) is 5.81. The number of rotatable bonds is 3. The fourth-order valence-corrected chi connectivity index (χ4v) is 4.53. The largest absolute Gasteiger partial charge is 0.375 e. The minimum absolute atomic E-state index is 0.203. The number of hydrogen-bond donors (Lipinski definition) is 1. The van der Waals surface area contributed by atoms with Crippen molar-refractivity contribution in [2.24, 2.45) is 5.73 Å². The molecule has 0 aromatic heterocycles. The van der Waals surface area contributed by atoms with E-state index in [0.717, 1.165) is 26.2 Å². The molecule has 0 spiro atoms. The maximum Gasteiger partial charge on any atom is 0.0731 e. The van der Waals surface area contributed by atoms with Crippen molar-refractivity contribution in [1.29, 1.82) is 0 Å². The molecule has 4 nitrogen and oxygen atoms in total. The van der Waals surface area contributed by atoms with E-state index in [1.807, 2.05) is 0 Å². The van der Waals surface area contributed by atoms with Crippen molar-refractivity contribution in [3.8, 4) is 0 Å². The van der Waals surface area contributed by atoms with Gasteiger partial charge in [-0.1, -0.05) is 12.8 Å². The van der Waals surface area contributed by atoms with Gasteiger partial charge in [-0.2, -0.15) is 0 Å². The number of nitrogens with two attached hydrogens (primary N) is 1. The van der Waals surface area contributed by atoms with Gasteiger partial charge in [-0.3, -0.25) is 9.80 Å². The summed E-state index contributed by atoms with van der Waals surface area (Å²) >= 11 is 0. The van der Waals surface area contributed by atoms with Crippen LogP contribution >= 0.6 is 0 Å². The second kappa shape index (κ2) is 5.91. The summed E-state index contributed by atoms with van der Waals surface area (Å²) < 4.78 is 6.04. The molecule has 0 aromatic carbocycles. The standard InChI is InChI=1S/C16H31N3O/c1-13(2)18-8-7-16(11-17,12-18)19-9-10-20-15-6-4-3-5-14(15)19/h13-15H,3-12,17H2,1-2H3. The fourth-order valence-electron chi connectivity index (χ4n) is 4.53. The minimum Gasteiger partial charge on any atom is -0.375 e. The SMILES string of the molecule is CC(C)N1CCC(CN)(N2CCOC3CCCCC32)C1. The highest BCUT2D eigenvalue weighted by Crippen LogP contribution is 2.37. The molecule has 2 heterocycles. The van der Waals surface area contributed by atoms with Crippen molar-refractivity contribution in [3.05, 3.63) is 0 Å². The van der Waals surface area contributed by atoms with Crippen LogP contribution in [0.25, 0.3) is 0 Å². The van der Waals surface area contributed by atoms with Crippen LogP contribution in [0.5, 0.6) is 0 Å². The zero-order chi connectivity index (χ0) is 14.2. The van der Waals surface area contributed by atoms with E-state index in [9.17, 15) is 0 Å². The second-order valence-corrected chi connectivity index (χ2v) is 7.20. The Morgan fingerprint density at radius 3 is 2.75 bits per heavy atom. The van der Waals surface area contributed by atoms with Gasteiger partial charge in [0.15, 0.2) is 0 Å². The summed E-state index contributed by atoms with van der Waals surface area (Å²) in [4.78, 5) is 5.35. The van der Waals surface area contributed by atoms with E-state index in [1.165, 1.54) is 38.6 Å². The maximum atomic E-state index is 6.27. The van der Waals surface area contributed by atoms with E-state index in [2.05, 4.69) is 23.6 Å². The van der Waals surface area contributed by atoms with E-state index in [0.29, 0.717) is 18.2 Å². The summed E-state index contributed by atoms with van der Waals surface area (Å²) in [6.45, 7) is 9.70. The molecule has 4 heteroatoms. The molecule has 3 unspecified atom stereocenters. The first kappa shape index (κ1) is 14.8. The van der Waals surface area contributed by atoms with Gasteiger partial charge in [0.2, 0.25) is 0 Å². The van der Waals surface area contributed by atoms with Crippen molar-refractivity contribution in [1.82, 2.24) is 9.80 Å². The van der Waals surface area contributed by atoms with Crippen molar-refractivity contribution >= 4 is 0 Å². The summed E-state index contributed by atoms with van der Waals surface area (Å²) in [5, 5.41) is 0. The predicted octanol–water partition coefficient (Wildman–Crippen LogP) is 1.44. The average Bonchev–Trinajstić information content (AvgIpc) is 2.92. The van der Waals surface area contributed by atoms with Crippen LogP contribution < -0.4 is 5.73 Å². The molecule has 2 saturated heterocycles. The van der Waals surface area contributed by atoms with Gasteiger partial charge in [-0.15, -0.1) is 0 Å². The van der Waals surface area contributed by atoms with Gasteiger partial charge in [-0.25, -0.2) is 0 Å². The molecule has 0 amide bonds. The Bertz CT molecular complexity index is 334. The van der Waals surface area contributed by atoms with Gasteiger partial charge in [0.05, 0.1) is 12.7 Å². The van der Waals surface area contributed by atoms with Gasteiger partial charge in [0, 0.05) is 43.8 Å². The zero-order valence-electron chi connectivity index (χ0n) is 13.2. The molecule has 1 aliphatic carbocycles. The van der Waals surface area contributed by atoms with Gasteiger partial charge in [-0.05, 0) is 33.1 Å². The molecule has 0 aromatic rings. The molecule has 1 saturated carbocycles. The van der Waals surface area contributed by atoms with Crippen LogP contribution in [-0.4, -0.2) is 66.3 Å². The summed E-state index contributed by atoms with van der Waals surface area (Å²) in [7, 11) is 0. The summed E-state index contributed by atoms with van der Waals surface area (Å²) in [6.07, 6.45) is 6.93. The van der Waals surface area contributed by atoms with E-state index in [1.54, 1.807) is 0 Å². The smallest absolute Gasteiger partial charge is 0.0731 e. The monoisotopic (exact) mass is 281 g/mol. The highest BCUT2D eigenvalue weighted by Gasteiger charge is 2.48. The van der Waals surface area contributed by atoms with Crippen LogP contribution in [-0.2, 0) is 4.74 Å². The number of likely N-dealkylation sites (tertiary alicyclic amines) is 1. The lowest BCUT2D eigenvalue weighted by Crippen LogP contribution is -2.65. The lowest BCUT2D eigenvalue weighted by atomic mass is 9.85. The molecule has 0 bridgehead atoms. The maximum absolute atomic E-state index is 6.27. The van der Waals surface area contributed by atoms with E-state index < -0.39 is 0 Å². The van der Waals surface area contributed by atoms with Crippen LogP contribution in [0.4, 0.5) is 0 Å². The molecule has 2 N–H and O–H groups in total. The zero-order valence-corrected chi connectivity index (χ0v) is 13.2. The van der Waals surface area contributed by atoms with Gasteiger partial charge < -0.3 is 10.5 Å². The van der Waals surface area contributed by atoms with Crippen LogP contribution in [0, 0.1) is 0 Å². The van der Waals surface area contributed by atoms with Crippen LogP contribution in [0.3, 0.4) is 0 Å². The normalized spacial score (nSPS) is 40.2. The molecule has 0 radical (unpaired) electrons. The number of nitrogens with zero attached hydrogens (tertiary/aromatic N) is 2. The molecule has 3 rings (SSSR count).